The zero-order valence-corrected chi connectivity index (χ0v) is 11.2. The van der Waals surface area contributed by atoms with Crippen LogP contribution in [0.15, 0.2) is 47.5 Å². The number of pyridine rings is 2. The van der Waals surface area contributed by atoms with E-state index in [-0.39, 0.29) is 5.69 Å². The van der Waals surface area contributed by atoms with Crippen LogP contribution in [0.3, 0.4) is 0 Å². The molecule has 0 saturated heterocycles. The standard InChI is InChI=1S/C13H8BrN3O2/c14-11-5-4-8(6-15-11)12-9-2-1-3-10(13(18)19)17(9)7-16-12/h1-7H,(H,18,19). The summed E-state index contributed by atoms with van der Waals surface area (Å²) in [6.07, 6.45) is 3.20. The quantitative estimate of drug-likeness (QED) is 0.738. The van der Waals surface area contributed by atoms with Crippen LogP contribution in [0.25, 0.3) is 16.8 Å². The molecule has 3 aromatic heterocycles. The minimum Gasteiger partial charge on any atom is -0.477 e. The maximum absolute atomic E-state index is 11.1. The van der Waals surface area contributed by atoms with Crippen molar-refractivity contribution in [2.24, 2.45) is 0 Å². The zero-order valence-electron chi connectivity index (χ0n) is 9.62. The summed E-state index contributed by atoms with van der Waals surface area (Å²) in [7, 11) is 0. The maximum atomic E-state index is 11.1. The first kappa shape index (κ1) is 11.9. The van der Waals surface area contributed by atoms with Gasteiger partial charge in [0.1, 0.15) is 16.6 Å². The lowest BCUT2D eigenvalue weighted by atomic mass is 10.2. The van der Waals surface area contributed by atoms with Crippen LogP contribution in [0.2, 0.25) is 0 Å². The van der Waals surface area contributed by atoms with Crippen molar-refractivity contribution in [2.45, 2.75) is 0 Å². The lowest BCUT2D eigenvalue weighted by Crippen LogP contribution is -2.03. The Morgan fingerprint density at radius 2 is 2.05 bits per heavy atom. The highest BCUT2D eigenvalue weighted by atomic mass is 79.9. The first-order valence-corrected chi connectivity index (χ1v) is 6.27. The van der Waals surface area contributed by atoms with Gasteiger partial charge in [-0.25, -0.2) is 14.8 Å². The van der Waals surface area contributed by atoms with Crippen LogP contribution in [0.4, 0.5) is 0 Å². The fourth-order valence-electron chi connectivity index (χ4n) is 1.93. The van der Waals surface area contributed by atoms with Crippen LogP contribution >= 0.6 is 15.9 Å². The number of carboxylic acid groups (broad SMARTS) is 1. The van der Waals surface area contributed by atoms with Gasteiger partial charge in [0.15, 0.2) is 0 Å². The second-order valence-electron chi connectivity index (χ2n) is 3.93. The van der Waals surface area contributed by atoms with Gasteiger partial charge in [-0.3, -0.25) is 4.40 Å². The summed E-state index contributed by atoms with van der Waals surface area (Å²) in [4.78, 5) is 19.6. The van der Waals surface area contributed by atoms with Gasteiger partial charge in [-0.05, 0) is 40.2 Å². The number of imidazole rings is 1. The van der Waals surface area contributed by atoms with Crippen LogP contribution in [-0.2, 0) is 0 Å². The van der Waals surface area contributed by atoms with Crippen LogP contribution in [-0.4, -0.2) is 25.4 Å². The SMILES string of the molecule is O=C(O)c1cccc2c(-c3ccc(Br)nc3)ncn12. The van der Waals surface area contributed by atoms with E-state index in [0.29, 0.717) is 5.69 Å². The molecule has 3 aromatic rings. The summed E-state index contributed by atoms with van der Waals surface area (Å²) in [5.74, 6) is -0.983. The zero-order chi connectivity index (χ0) is 13.4. The Morgan fingerprint density at radius 3 is 2.74 bits per heavy atom. The molecule has 1 N–H and O–H groups in total. The molecule has 6 heteroatoms. The van der Waals surface area contributed by atoms with Gasteiger partial charge in [-0.2, -0.15) is 0 Å². The first-order chi connectivity index (χ1) is 9.16. The van der Waals surface area contributed by atoms with E-state index in [9.17, 15) is 4.79 Å². The highest BCUT2D eigenvalue weighted by molar-refractivity contribution is 9.10. The third kappa shape index (κ3) is 2.00. The molecular formula is C13H8BrN3O2. The molecule has 94 valence electrons. The Hall–Kier alpha value is -2.21. The van der Waals surface area contributed by atoms with Crippen molar-refractivity contribution >= 4 is 27.4 Å². The molecule has 0 aromatic carbocycles. The van der Waals surface area contributed by atoms with Gasteiger partial charge in [0, 0.05) is 11.8 Å². The molecule has 0 aliphatic heterocycles. The Kier molecular flexibility index (Phi) is 2.79. The number of rotatable bonds is 2. The van der Waals surface area contributed by atoms with E-state index in [1.54, 1.807) is 22.7 Å². The Morgan fingerprint density at radius 1 is 1.21 bits per heavy atom. The molecule has 0 radical (unpaired) electrons. The summed E-state index contributed by atoms with van der Waals surface area (Å²) in [6.45, 7) is 0. The fraction of sp³-hybridized carbons (Fsp3) is 0. The lowest BCUT2D eigenvalue weighted by Gasteiger charge is -2.01. The predicted molar refractivity (Wildman–Crippen MR) is 73.1 cm³/mol. The van der Waals surface area contributed by atoms with E-state index >= 15 is 0 Å². The van der Waals surface area contributed by atoms with E-state index in [2.05, 4.69) is 25.9 Å². The van der Waals surface area contributed by atoms with Crippen molar-refractivity contribution in [1.29, 1.82) is 0 Å². The molecule has 19 heavy (non-hydrogen) atoms. The molecule has 0 aliphatic carbocycles. The average molecular weight is 318 g/mol. The van der Waals surface area contributed by atoms with Gasteiger partial charge >= 0.3 is 5.97 Å². The van der Waals surface area contributed by atoms with E-state index in [1.165, 1.54) is 6.33 Å². The summed E-state index contributed by atoms with van der Waals surface area (Å²) < 4.78 is 2.30. The second kappa shape index (κ2) is 4.47. The van der Waals surface area contributed by atoms with Gasteiger partial charge < -0.3 is 5.11 Å². The Bertz CT molecular complexity index is 765. The number of aromatic carboxylic acids is 1. The molecule has 0 amide bonds. The van der Waals surface area contributed by atoms with Crippen LogP contribution < -0.4 is 0 Å². The molecule has 5 nitrogen and oxygen atoms in total. The highest BCUT2D eigenvalue weighted by Crippen LogP contribution is 2.24. The first-order valence-electron chi connectivity index (χ1n) is 5.48. The number of aromatic nitrogens is 3. The van der Waals surface area contributed by atoms with Crippen LogP contribution in [0.5, 0.6) is 0 Å². The molecule has 0 fully saturated rings. The van der Waals surface area contributed by atoms with Gasteiger partial charge in [-0.15, -0.1) is 0 Å². The molecular weight excluding hydrogens is 310 g/mol. The van der Waals surface area contributed by atoms with Crippen LogP contribution in [0.1, 0.15) is 10.5 Å². The third-order valence-corrected chi connectivity index (χ3v) is 3.26. The minimum absolute atomic E-state index is 0.182. The number of halogens is 1. The summed E-state index contributed by atoms with van der Waals surface area (Å²) >= 11 is 3.27. The van der Waals surface area contributed by atoms with Crippen LogP contribution in [0, 0.1) is 0 Å². The highest BCUT2D eigenvalue weighted by Gasteiger charge is 2.12. The molecule has 3 heterocycles. The summed E-state index contributed by atoms with van der Waals surface area (Å²) in [6, 6.07) is 8.78. The number of fused-ring (bicyclic) bond motifs is 1. The fourth-order valence-corrected chi connectivity index (χ4v) is 2.17. The number of hydrogen-bond donors (Lipinski definition) is 1. The number of carbonyl (C=O) groups is 1. The topological polar surface area (TPSA) is 67.5 Å². The lowest BCUT2D eigenvalue weighted by molar-refractivity contribution is 0.0689. The van der Waals surface area contributed by atoms with Crippen molar-refractivity contribution in [3.05, 3.63) is 53.2 Å². The molecule has 3 rings (SSSR count). The normalized spacial score (nSPS) is 10.8. The molecule has 0 aliphatic rings. The predicted octanol–water partition coefficient (Wildman–Crippen LogP) is 2.86. The molecule has 0 saturated carbocycles. The Labute approximate surface area is 116 Å². The van der Waals surface area contributed by atoms with E-state index in [4.69, 9.17) is 5.11 Å². The van der Waals surface area contributed by atoms with Crippen molar-refractivity contribution < 1.29 is 9.90 Å². The number of nitrogens with zero attached hydrogens (tertiary/aromatic N) is 3. The smallest absolute Gasteiger partial charge is 0.352 e. The van der Waals surface area contributed by atoms with E-state index in [0.717, 1.165) is 15.7 Å². The van der Waals surface area contributed by atoms with E-state index in [1.807, 2.05) is 18.2 Å². The van der Waals surface area contributed by atoms with Gasteiger partial charge in [0.25, 0.3) is 0 Å². The Balaban J connectivity index is 2.24. The maximum Gasteiger partial charge on any atom is 0.352 e. The molecule has 0 spiro atoms. The van der Waals surface area contributed by atoms with Crippen molar-refractivity contribution in [3.63, 3.8) is 0 Å². The number of carboxylic acids is 1. The molecule has 0 bridgehead atoms. The third-order valence-electron chi connectivity index (χ3n) is 2.79. The summed E-state index contributed by atoms with van der Waals surface area (Å²) in [5.41, 5.74) is 2.47. The molecule has 0 atom stereocenters. The van der Waals surface area contributed by atoms with Crippen molar-refractivity contribution in [3.8, 4) is 11.3 Å². The minimum atomic E-state index is -0.983. The van der Waals surface area contributed by atoms with Crippen molar-refractivity contribution in [1.82, 2.24) is 14.4 Å². The largest absolute Gasteiger partial charge is 0.477 e. The summed E-state index contributed by atoms with van der Waals surface area (Å²) in [5, 5.41) is 9.13. The average Bonchev–Trinajstić information content (AvgIpc) is 2.83. The van der Waals surface area contributed by atoms with Crippen molar-refractivity contribution in [2.75, 3.05) is 0 Å². The van der Waals surface area contributed by atoms with Gasteiger partial charge in [0.05, 0.1) is 11.2 Å². The molecule has 0 unspecified atom stereocenters. The second-order valence-corrected chi connectivity index (χ2v) is 4.75. The van der Waals surface area contributed by atoms with Gasteiger partial charge in [0.2, 0.25) is 0 Å². The number of hydrogen-bond acceptors (Lipinski definition) is 3. The van der Waals surface area contributed by atoms with E-state index < -0.39 is 5.97 Å². The van der Waals surface area contributed by atoms with Gasteiger partial charge in [-0.1, -0.05) is 6.07 Å². The monoisotopic (exact) mass is 317 g/mol.